The minimum Gasteiger partial charge on any atom is -0.478 e. The number of aliphatic carboxylic acids is 1. The lowest BCUT2D eigenvalue weighted by Gasteiger charge is -2.48. The number of carbonyl (C=O) groups is 2. The molecular formula is C27H37NO14. The number of methoxy groups -OCH3 is 1. The van der Waals surface area contributed by atoms with Crippen molar-refractivity contribution in [2.24, 2.45) is 5.92 Å². The van der Waals surface area contributed by atoms with Crippen LogP contribution in [0.5, 0.6) is 0 Å². The van der Waals surface area contributed by atoms with Gasteiger partial charge in [0.1, 0.15) is 29.6 Å². The minimum absolute atomic E-state index is 0.0576. The highest BCUT2D eigenvalue weighted by molar-refractivity contribution is 5.92. The monoisotopic (exact) mass is 599 g/mol. The molecule has 1 fully saturated rings. The van der Waals surface area contributed by atoms with Gasteiger partial charge in [-0.2, -0.15) is 0 Å². The molecular weight excluding hydrogens is 562 g/mol. The second-order valence-electron chi connectivity index (χ2n) is 9.72. The van der Waals surface area contributed by atoms with Gasteiger partial charge in [-0.15, -0.1) is 6.58 Å². The normalized spacial score (nSPS) is 32.9. The van der Waals surface area contributed by atoms with Gasteiger partial charge in [-0.05, 0) is 24.6 Å². The third-order valence-corrected chi connectivity index (χ3v) is 7.00. The molecule has 0 aromatic rings. The summed E-state index contributed by atoms with van der Waals surface area (Å²) in [6, 6.07) is 0. The number of aliphatic hydroxyl groups excluding tert-OH is 3. The number of rotatable bonds is 12. The van der Waals surface area contributed by atoms with E-state index in [1.807, 2.05) is 0 Å². The van der Waals surface area contributed by atoms with Gasteiger partial charge < -0.3 is 64.3 Å². The zero-order chi connectivity index (χ0) is 31.2. The van der Waals surface area contributed by atoms with Crippen LogP contribution in [0.4, 0.5) is 0 Å². The maximum Gasteiger partial charge on any atom is 0.340 e. The first-order valence-corrected chi connectivity index (χ1v) is 13.0. The van der Waals surface area contributed by atoms with Crippen LogP contribution >= 0.6 is 0 Å². The van der Waals surface area contributed by atoms with E-state index in [0.717, 1.165) is 13.4 Å². The number of ether oxygens (including phenoxy) is 5. The third-order valence-electron chi connectivity index (χ3n) is 7.00. The van der Waals surface area contributed by atoms with Crippen LogP contribution in [0.3, 0.4) is 0 Å². The third kappa shape index (κ3) is 6.75. The van der Waals surface area contributed by atoms with Crippen molar-refractivity contribution in [1.82, 2.24) is 4.90 Å². The Morgan fingerprint density at radius 1 is 1.24 bits per heavy atom. The molecule has 0 amide bonds. The van der Waals surface area contributed by atoms with Crippen LogP contribution in [0.1, 0.15) is 6.92 Å². The van der Waals surface area contributed by atoms with Gasteiger partial charge in [-0.1, -0.05) is 12.2 Å². The maximum absolute atomic E-state index is 12.7. The lowest BCUT2D eigenvalue weighted by atomic mass is 9.78. The molecule has 7 atom stereocenters. The predicted molar refractivity (Wildman–Crippen MR) is 141 cm³/mol. The van der Waals surface area contributed by atoms with Gasteiger partial charge in [-0.3, -0.25) is 0 Å². The lowest BCUT2D eigenvalue weighted by Crippen LogP contribution is -2.69. The van der Waals surface area contributed by atoms with Crippen LogP contribution in [0.2, 0.25) is 0 Å². The van der Waals surface area contributed by atoms with Crippen molar-refractivity contribution in [2.45, 2.75) is 49.2 Å². The van der Waals surface area contributed by atoms with Crippen molar-refractivity contribution in [2.75, 3.05) is 40.0 Å². The molecule has 0 radical (unpaired) electrons. The number of hydrogen-bond donors (Lipinski definition) is 7. The average Bonchev–Trinajstić information content (AvgIpc) is 2.95. The van der Waals surface area contributed by atoms with Crippen LogP contribution in [0.15, 0.2) is 60.1 Å². The minimum atomic E-state index is -2.92. The van der Waals surface area contributed by atoms with E-state index in [9.17, 15) is 45.3 Å². The molecule has 234 valence electrons. The summed E-state index contributed by atoms with van der Waals surface area (Å²) < 4.78 is 27.2. The second kappa shape index (κ2) is 13.9. The van der Waals surface area contributed by atoms with Crippen molar-refractivity contribution < 1.29 is 69.0 Å². The zero-order valence-electron chi connectivity index (χ0n) is 23.1. The average molecular weight is 600 g/mol. The van der Waals surface area contributed by atoms with E-state index in [0.29, 0.717) is 5.57 Å². The van der Waals surface area contributed by atoms with Crippen LogP contribution in [-0.2, 0) is 33.3 Å². The van der Waals surface area contributed by atoms with E-state index in [1.165, 1.54) is 30.5 Å². The highest BCUT2D eigenvalue weighted by atomic mass is 16.8. The molecule has 3 aliphatic heterocycles. The summed E-state index contributed by atoms with van der Waals surface area (Å²) >= 11 is 0. The van der Waals surface area contributed by atoms with E-state index >= 15 is 0 Å². The van der Waals surface area contributed by atoms with Crippen LogP contribution in [0.25, 0.3) is 0 Å². The number of nitrogens with zero attached hydrogens (tertiary/aromatic N) is 1. The summed E-state index contributed by atoms with van der Waals surface area (Å²) in [6.45, 7) is 4.46. The highest BCUT2D eigenvalue weighted by Crippen LogP contribution is 2.40. The topological polar surface area (TPSA) is 225 Å². The summed E-state index contributed by atoms with van der Waals surface area (Å²) in [6.07, 6.45) is -0.909. The Morgan fingerprint density at radius 2 is 1.95 bits per heavy atom. The first-order valence-electron chi connectivity index (χ1n) is 13.0. The Hall–Kier alpha value is -3.12. The number of carboxylic acids is 1. The SMILES string of the molecule is C=CC1C(OC2OC(CO)C(O)C(O)(O)C2OCC)OC=C(C(=O)OC)C1(O)C=CC1=CC(C(=O)O)=CN(CCO)C1. The summed E-state index contributed by atoms with van der Waals surface area (Å²) in [5.74, 6) is -6.39. The molecule has 3 rings (SSSR count). The van der Waals surface area contributed by atoms with Crippen molar-refractivity contribution in [1.29, 1.82) is 0 Å². The van der Waals surface area contributed by atoms with Gasteiger partial charge in [-0.25, -0.2) is 9.59 Å². The predicted octanol–water partition coefficient (Wildman–Crippen LogP) is -2.13. The summed E-state index contributed by atoms with van der Waals surface area (Å²) in [5, 5.41) is 71.8. The molecule has 3 heterocycles. The largest absolute Gasteiger partial charge is 0.478 e. The molecule has 15 heteroatoms. The number of esters is 1. The van der Waals surface area contributed by atoms with E-state index in [1.54, 1.807) is 11.8 Å². The Bertz CT molecular complexity index is 1130. The number of carbonyl (C=O) groups excluding carboxylic acids is 1. The standard InChI is InChI=1S/C27H37NO14/c1-4-17-24(42-25-21(39-5-2)27(36,37)20(31)19(13-30)41-25)40-14-18(23(34)38-3)26(17,35)7-6-15-10-16(22(32)33)12-28(11-15)8-9-29/h4,6-7,10,12,14,17,19-21,24-25,29-31,35-37H,1,5,8-9,11,13H2,2-3H3,(H,32,33). The zero-order valence-corrected chi connectivity index (χ0v) is 23.1. The molecule has 7 unspecified atom stereocenters. The molecule has 0 bridgehead atoms. The molecule has 0 aliphatic carbocycles. The van der Waals surface area contributed by atoms with Crippen molar-refractivity contribution >= 4 is 11.9 Å². The molecule has 42 heavy (non-hydrogen) atoms. The van der Waals surface area contributed by atoms with Gasteiger partial charge >= 0.3 is 11.9 Å². The number of hydrogen-bond acceptors (Lipinski definition) is 14. The number of β-amino-alcohol motifs (C(OH)–C–C–N with tert-alkyl or cyclic N) is 1. The van der Waals surface area contributed by atoms with Crippen LogP contribution < -0.4 is 0 Å². The first-order chi connectivity index (χ1) is 19.9. The van der Waals surface area contributed by atoms with E-state index in [-0.39, 0.29) is 37.4 Å². The van der Waals surface area contributed by atoms with Crippen molar-refractivity contribution in [3.63, 3.8) is 0 Å². The quantitative estimate of drug-likeness (QED) is 0.0723. The van der Waals surface area contributed by atoms with Gasteiger partial charge in [0.15, 0.2) is 12.4 Å². The molecule has 15 nitrogen and oxygen atoms in total. The maximum atomic E-state index is 12.7. The Balaban J connectivity index is 2.00. The molecule has 3 aliphatic rings. The number of carboxylic acid groups (broad SMARTS) is 1. The molecule has 7 N–H and O–H groups in total. The molecule has 0 aromatic heterocycles. The van der Waals surface area contributed by atoms with Gasteiger partial charge in [0.2, 0.25) is 12.1 Å². The smallest absolute Gasteiger partial charge is 0.340 e. The Kier molecular flexibility index (Phi) is 11.0. The Labute approximate surface area is 241 Å². The van der Waals surface area contributed by atoms with Crippen LogP contribution in [0, 0.1) is 5.92 Å². The molecule has 0 saturated carbocycles. The summed E-state index contributed by atoms with van der Waals surface area (Å²) in [5.41, 5.74) is -2.26. The van der Waals surface area contributed by atoms with E-state index < -0.39 is 66.7 Å². The molecule has 1 saturated heterocycles. The van der Waals surface area contributed by atoms with Gasteiger partial charge in [0.25, 0.3) is 0 Å². The molecule has 0 aromatic carbocycles. The molecule has 0 spiro atoms. The summed E-state index contributed by atoms with van der Waals surface area (Å²) in [4.78, 5) is 25.9. The lowest BCUT2D eigenvalue weighted by molar-refractivity contribution is -0.411. The van der Waals surface area contributed by atoms with Gasteiger partial charge in [0, 0.05) is 25.9 Å². The van der Waals surface area contributed by atoms with E-state index in [4.69, 9.17) is 23.7 Å². The first kappa shape index (κ1) is 33.4. The summed E-state index contributed by atoms with van der Waals surface area (Å²) in [7, 11) is 1.09. The second-order valence-corrected chi connectivity index (χ2v) is 9.72. The fourth-order valence-corrected chi connectivity index (χ4v) is 4.83. The van der Waals surface area contributed by atoms with Crippen molar-refractivity contribution in [3.8, 4) is 0 Å². The Morgan fingerprint density at radius 3 is 2.52 bits per heavy atom. The van der Waals surface area contributed by atoms with Gasteiger partial charge in [0.05, 0.1) is 31.8 Å². The van der Waals surface area contributed by atoms with E-state index in [2.05, 4.69) is 6.58 Å². The van der Waals surface area contributed by atoms with Crippen LogP contribution in [-0.4, -0.2) is 135 Å². The van der Waals surface area contributed by atoms with Crippen molar-refractivity contribution in [3.05, 3.63) is 60.1 Å². The fourth-order valence-electron chi connectivity index (χ4n) is 4.83. The highest BCUT2D eigenvalue weighted by Gasteiger charge is 2.58. The fraction of sp³-hybridized carbons (Fsp3) is 0.556. The number of aliphatic hydroxyl groups is 6.